The third-order valence-electron chi connectivity index (χ3n) is 3.56. The van der Waals surface area contributed by atoms with E-state index in [1.54, 1.807) is 18.2 Å². The van der Waals surface area contributed by atoms with E-state index in [4.69, 9.17) is 28.0 Å². The van der Waals surface area contributed by atoms with E-state index in [0.717, 1.165) is 8.58 Å². The van der Waals surface area contributed by atoms with Gasteiger partial charge in [0.2, 0.25) is 5.91 Å². The summed E-state index contributed by atoms with van der Waals surface area (Å²) in [4.78, 5) is 29.8. The highest BCUT2D eigenvalue weighted by Crippen LogP contribution is 2.35. The third-order valence-corrected chi connectivity index (χ3v) is 4.76. The number of nitrogens with one attached hydrogen (secondary N) is 2. The molecule has 1 aliphatic heterocycles. The van der Waals surface area contributed by atoms with E-state index >= 15 is 0 Å². The molecule has 130 valence electrons. The van der Waals surface area contributed by atoms with Crippen LogP contribution < -0.4 is 15.7 Å². The van der Waals surface area contributed by atoms with Gasteiger partial charge >= 0.3 is 0 Å². The minimum Gasteiger partial charge on any atom is -0.387 e. The largest absolute Gasteiger partial charge is 0.387 e. The molecular formula is C16H12Cl2IN3O3. The summed E-state index contributed by atoms with van der Waals surface area (Å²) in [6.07, 6.45) is 0. The standard InChI is InChI=1S/C16H12Cl2IN3O3/c1-8(23)22(21-25-14-5-2-9(17)6-12(14)18)15-11-7-10(19)3-4-13(11)20-16(15)24/h2-7,15,21H,1H3,(H,20,24). The average Bonchev–Trinajstić information content (AvgIpc) is 2.85. The summed E-state index contributed by atoms with van der Waals surface area (Å²) in [5.74, 6) is -0.443. The minimum atomic E-state index is -0.853. The Hall–Kier alpha value is -1.55. The van der Waals surface area contributed by atoms with E-state index in [9.17, 15) is 9.59 Å². The molecule has 0 saturated carbocycles. The van der Waals surface area contributed by atoms with Crippen LogP contribution in [0, 0.1) is 3.57 Å². The van der Waals surface area contributed by atoms with E-state index in [2.05, 4.69) is 33.5 Å². The number of anilines is 1. The van der Waals surface area contributed by atoms with Crippen LogP contribution in [0.1, 0.15) is 18.5 Å². The summed E-state index contributed by atoms with van der Waals surface area (Å²) in [5, 5.41) is 4.60. The van der Waals surface area contributed by atoms with Crippen LogP contribution in [0.5, 0.6) is 5.75 Å². The van der Waals surface area contributed by atoms with Crippen molar-refractivity contribution in [3.05, 3.63) is 55.6 Å². The van der Waals surface area contributed by atoms with E-state index in [-0.39, 0.29) is 16.7 Å². The van der Waals surface area contributed by atoms with Crippen LogP contribution in [0.4, 0.5) is 5.69 Å². The van der Waals surface area contributed by atoms with Crippen LogP contribution >= 0.6 is 45.8 Å². The number of hydrazine groups is 1. The van der Waals surface area contributed by atoms with Gasteiger partial charge < -0.3 is 10.2 Å². The molecule has 0 fully saturated rings. The fraction of sp³-hybridized carbons (Fsp3) is 0.125. The number of hydrogen-bond acceptors (Lipinski definition) is 4. The number of nitrogens with zero attached hydrogens (tertiary/aromatic N) is 1. The lowest BCUT2D eigenvalue weighted by molar-refractivity contribution is -0.150. The Labute approximate surface area is 167 Å². The van der Waals surface area contributed by atoms with Crippen molar-refractivity contribution in [2.45, 2.75) is 13.0 Å². The number of amides is 2. The lowest BCUT2D eigenvalue weighted by Gasteiger charge is -2.26. The Balaban J connectivity index is 1.86. The topological polar surface area (TPSA) is 70.7 Å². The van der Waals surface area contributed by atoms with E-state index < -0.39 is 11.9 Å². The molecule has 2 N–H and O–H groups in total. The number of carbonyl (C=O) groups excluding carboxylic acids is 2. The Morgan fingerprint density at radius 1 is 1.28 bits per heavy atom. The smallest absolute Gasteiger partial charge is 0.253 e. The zero-order valence-electron chi connectivity index (χ0n) is 12.8. The lowest BCUT2D eigenvalue weighted by Crippen LogP contribution is -2.48. The maximum Gasteiger partial charge on any atom is 0.253 e. The summed E-state index contributed by atoms with van der Waals surface area (Å²) in [6.45, 7) is 1.33. The van der Waals surface area contributed by atoms with Crippen LogP contribution in [-0.4, -0.2) is 16.8 Å². The van der Waals surface area contributed by atoms with Gasteiger partial charge in [0.15, 0.2) is 11.8 Å². The zero-order chi connectivity index (χ0) is 18.1. The normalized spacial score (nSPS) is 15.5. The van der Waals surface area contributed by atoms with Gasteiger partial charge in [0, 0.05) is 26.8 Å². The van der Waals surface area contributed by atoms with Crippen LogP contribution in [0.3, 0.4) is 0 Å². The third kappa shape index (κ3) is 3.84. The molecule has 0 spiro atoms. The first-order valence-corrected chi connectivity index (χ1v) is 8.98. The molecule has 1 unspecified atom stereocenters. The molecule has 2 amide bonds. The van der Waals surface area contributed by atoms with Gasteiger partial charge in [0.1, 0.15) is 0 Å². The fourth-order valence-electron chi connectivity index (χ4n) is 2.43. The molecule has 0 radical (unpaired) electrons. The van der Waals surface area contributed by atoms with Crippen molar-refractivity contribution in [1.29, 1.82) is 0 Å². The Bertz CT molecular complexity index is 863. The maximum absolute atomic E-state index is 12.4. The highest BCUT2D eigenvalue weighted by atomic mass is 127. The van der Waals surface area contributed by atoms with Gasteiger partial charge in [-0.3, -0.25) is 9.59 Å². The molecular weight excluding hydrogens is 480 g/mol. The van der Waals surface area contributed by atoms with Gasteiger partial charge in [-0.05, 0) is 59.0 Å². The first-order chi connectivity index (χ1) is 11.9. The summed E-state index contributed by atoms with van der Waals surface area (Å²) >= 11 is 14.0. The zero-order valence-corrected chi connectivity index (χ0v) is 16.5. The summed E-state index contributed by atoms with van der Waals surface area (Å²) in [6, 6.07) is 9.32. The highest BCUT2D eigenvalue weighted by molar-refractivity contribution is 14.1. The molecule has 1 heterocycles. The maximum atomic E-state index is 12.4. The molecule has 6 nitrogen and oxygen atoms in total. The van der Waals surface area contributed by atoms with Gasteiger partial charge in [-0.1, -0.05) is 28.8 Å². The Morgan fingerprint density at radius 3 is 2.72 bits per heavy atom. The first kappa shape index (κ1) is 18.2. The number of carbonyl (C=O) groups is 2. The molecule has 2 aromatic carbocycles. The number of benzene rings is 2. The molecule has 1 atom stereocenters. The van der Waals surface area contributed by atoms with Crippen LogP contribution in [-0.2, 0) is 9.59 Å². The second-order valence-corrected chi connectivity index (χ2v) is 7.37. The monoisotopic (exact) mass is 491 g/mol. The predicted octanol–water partition coefficient (Wildman–Crippen LogP) is 3.94. The Morgan fingerprint density at radius 2 is 2.04 bits per heavy atom. The van der Waals surface area contributed by atoms with E-state index in [1.807, 2.05) is 12.1 Å². The van der Waals surface area contributed by atoms with Gasteiger partial charge in [-0.15, -0.1) is 0 Å². The molecule has 25 heavy (non-hydrogen) atoms. The molecule has 0 saturated heterocycles. The van der Waals surface area contributed by atoms with Crippen molar-refractivity contribution in [3.63, 3.8) is 0 Å². The van der Waals surface area contributed by atoms with Crippen LogP contribution in [0.2, 0.25) is 10.0 Å². The quantitative estimate of drug-likeness (QED) is 0.502. The summed E-state index contributed by atoms with van der Waals surface area (Å²) in [7, 11) is 0. The second-order valence-electron chi connectivity index (χ2n) is 5.28. The van der Waals surface area contributed by atoms with Crippen LogP contribution in [0.25, 0.3) is 0 Å². The van der Waals surface area contributed by atoms with Crippen molar-refractivity contribution >= 4 is 63.3 Å². The van der Waals surface area contributed by atoms with Crippen molar-refractivity contribution in [2.24, 2.45) is 0 Å². The molecule has 0 bridgehead atoms. The fourth-order valence-corrected chi connectivity index (χ4v) is 3.39. The molecule has 0 aliphatic carbocycles. The van der Waals surface area contributed by atoms with Crippen molar-refractivity contribution in [1.82, 2.24) is 10.6 Å². The van der Waals surface area contributed by atoms with Gasteiger partial charge in [0.25, 0.3) is 5.91 Å². The van der Waals surface area contributed by atoms with Crippen LogP contribution in [0.15, 0.2) is 36.4 Å². The molecule has 2 aromatic rings. The summed E-state index contributed by atoms with van der Waals surface area (Å²) < 4.78 is 0.947. The van der Waals surface area contributed by atoms with Gasteiger partial charge in [-0.25, -0.2) is 5.01 Å². The molecule has 3 rings (SSSR count). The van der Waals surface area contributed by atoms with E-state index in [0.29, 0.717) is 16.3 Å². The molecule has 1 aliphatic rings. The van der Waals surface area contributed by atoms with Crippen molar-refractivity contribution in [3.8, 4) is 5.75 Å². The molecule has 0 aromatic heterocycles. The van der Waals surface area contributed by atoms with Gasteiger partial charge in [-0.2, -0.15) is 0 Å². The number of hydrogen-bond donors (Lipinski definition) is 2. The van der Waals surface area contributed by atoms with E-state index in [1.165, 1.54) is 13.0 Å². The predicted molar refractivity (Wildman–Crippen MR) is 103 cm³/mol. The lowest BCUT2D eigenvalue weighted by atomic mass is 10.1. The average molecular weight is 492 g/mol. The first-order valence-electron chi connectivity index (χ1n) is 7.14. The highest BCUT2D eigenvalue weighted by Gasteiger charge is 2.37. The van der Waals surface area contributed by atoms with Crippen molar-refractivity contribution < 1.29 is 14.4 Å². The van der Waals surface area contributed by atoms with Crippen molar-refractivity contribution in [2.75, 3.05) is 5.32 Å². The Kier molecular flexibility index (Phi) is 5.38. The SMILES string of the molecule is CC(=O)N(NOc1ccc(Cl)cc1Cl)C1C(=O)Nc2ccc(I)cc21. The molecule has 9 heteroatoms. The minimum absolute atomic E-state index is 0.273. The summed E-state index contributed by atoms with van der Waals surface area (Å²) in [5.41, 5.74) is 3.87. The number of halogens is 3. The van der Waals surface area contributed by atoms with Gasteiger partial charge in [0.05, 0.1) is 5.02 Å². The number of fused-ring (bicyclic) bond motifs is 1. The number of rotatable bonds is 4. The second kappa shape index (κ2) is 7.36.